The molecule has 61 heavy (non-hydrogen) atoms. The zero-order valence-corrected chi connectivity index (χ0v) is 39.0. The molecule has 0 aliphatic rings. The summed E-state index contributed by atoms with van der Waals surface area (Å²) in [6.07, 6.45) is 30.1. The quantitative estimate of drug-likeness (QED) is 0.0184. The highest BCUT2D eigenvalue weighted by Crippen LogP contribution is 2.57. The summed E-state index contributed by atoms with van der Waals surface area (Å²) < 4.78 is 35.1. The third-order valence-electron chi connectivity index (χ3n) is 10.2. The van der Waals surface area contributed by atoms with Crippen molar-refractivity contribution < 1.29 is 67.1 Å². The highest BCUT2D eigenvalue weighted by Gasteiger charge is 2.34. The number of carbonyl (C=O) groups excluding carboxylic acids is 2. The summed E-state index contributed by atoms with van der Waals surface area (Å²) in [4.78, 5) is 61.5. The Hall–Kier alpha value is -2.19. The van der Waals surface area contributed by atoms with Gasteiger partial charge in [-0.05, 0) is 37.0 Å². The number of Topliss-reactive ketones (excluding diaryl/α,β-unsaturated/α-hetero) is 1. The Balaban J connectivity index is 0.00000143. The van der Waals surface area contributed by atoms with Crippen LogP contribution in [0.1, 0.15) is 199 Å². The predicted molar refractivity (Wildman–Crippen MR) is 238 cm³/mol. The first kappa shape index (κ1) is 58.8. The number of rotatable bonds is 39. The Kier molecular flexibility index (Phi) is 35.9. The van der Waals surface area contributed by atoms with Gasteiger partial charge in [-0.3, -0.25) is 19.3 Å². The van der Waals surface area contributed by atoms with E-state index < -0.39 is 52.4 Å². The summed E-state index contributed by atoms with van der Waals surface area (Å²) in [5.41, 5.74) is 5.86. The molecule has 356 valence electrons. The van der Waals surface area contributed by atoms with E-state index in [-0.39, 0.29) is 30.8 Å². The summed E-state index contributed by atoms with van der Waals surface area (Å²) in [5, 5.41) is 28.1. The molecule has 1 rings (SSSR count). The lowest BCUT2D eigenvalue weighted by molar-refractivity contribution is -0.163. The molecule has 8 N–H and O–H groups in total. The monoisotopic (exact) mass is 910 g/mol. The van der Waals surface area contributed by atoms with E-state index >= 15 is 0 Å². The Morgan fingerprint density at radius 2 is 1.00 bits per heavy atom. The van der Waals surface area contributed by atoms with Crippen LogP contribution in [0.4, 0.5) is 0 Å². The van der Waals surface area contributed by atoms with Crippen LogP contribution in [0.25, 0.3) is 0 Å². The number of esters is 1. The fraction of sp³-hybridized carbons (Fsp3) is 0.795. The average Bonchev–Trinajstić information content (AvgIpc) is 3.20. The van der Waals surface area contributed by atoms with E-state index in [9.17, 15) is 33.7 Å². The fourth-order valence-electron chi connectivity index (χ4n) is 6.71. The topological polar surface area (TPSA) is 260 Å². The molecule has 0 aliphatic heterocycles. The second-order valence-electron chi connectivity index (χ2n) is 16.0. The maximum atomic E-state index is 12.6. The zero-order valence-electron chi connectivity index (χ0n) is 37.2. The molecule has 0 saturated carbocycles. The molecule has 1 aromatic rings. The van der Waals surface area contributed by atoms with Gasteiger partial charge in [0.25, 0.3) is 0 Å². The maximum absolute atomic E-state index is 12.6. The number of ketones is 1. The van der Waals surface area contributed by atoms with Crippen LogP contribution < -0.4 is 10.3 Å². The molecule has 0 saturated heterocycles. The number of phosphoric ester groups is 1. The van der Waals surface area contributed by atoms with Crippen LogP contribution in [0.15, 0.2) is 24.3 Å². The van der Waals surface area contributed by atoms with Gasteiger partial charge in [0.1, 0.15) is 17.9 Å². The van der Waals surface area contributed by atoms with Gasteiger partial charge in [-0.15, -0.1) is 0 Å². The number of aliphatic carboxylic acids is 1. The number of unbranched alkanes of at least 4 members (excludes halogenated alkanes) is 24. The van der Waals surface area contributed by atoms with Crippen molar-refractivity contribution in [2.24, 2.45) is 5.73 Å². The molecular weight excluding hydrogens is 828 g/mol. The van der Waals surface area contributed by atoms with Gasteiger partial charge in [-0.2, -0.15) is 4.31 Å². The molecule has 0 bridgehead atoms. The number of benzene rings is 1. The summed E-state index contributed by atoms with van der Waals surface area (Å²) in [5.74, 6) is -2.09. The number of carboxylic acid groups (broad SMARTS) is 1. The molecule has 17 heteroatoms. The van der Waals surface area contributed by atoms with E-state index in [1.807, 2.05) is 0 Å². The van der Waals surface area contributed by atoms with Gasteiger partial charge in [0.05, 0.1) is 6.61 Å². The Morgan fingerprint density at radius 1 is 0.623 bits per heavy atom. The lowest BCUT2D eigenvalue weighted by Crippen LogP contribution is -2.40. The highest BCUT2D eigenvalue weighted by molar-refractivity contribution is 7.60. The Labute approximate surface area is 365 Å². The molecule has 0 radical (unpaired) electrons. The minimum atomic E-state index is -5.18. The van der Waals surface area contributed by atoms with E-state index in [1.54, 1.807) is 0 Å². The average molecular weight is 910 g/mol. The second-order valence-corrected chi connectivity index (χ2v) is 18.8. The van der Waals surface area contributed by atoms with Crippen molar-refractivity contribution in [2.75, 3.05) is 6.61 Å². The summed E-state index contributed by atoms with van der Waals surface area (Å²) in [6.45, 7) is 3.93. The number of hydrogen-bond donors (Lipinski definition) is 7. The molecule has 0 amide bonds. The van der Waals surface area contributed by atoms with E-state index in [2.05, 4.69) is 22.7 Å². The molecule has 0 fully saturated rings. The first-order valence-corrected chi connectivity index (χ1v) is 25.9. The van der Waals surface area contributed by atoms with Gasteiger partial charge in [0.15, 0.2) is 11.9 Å². The van der Waals surface area contributed by atoms with Gasteiger partial charge >= 0.3 is 27.6 Å². The van der Waals surface area contributed by atoms with E-state index in [0.29, 0.717) is 5.56 Å². The molecule has 0 aliphatic carbocycles. The number of ether oxygens (including phenoxy) is 1. The molecule has 4 atom stereocenters. The Morgan fingerprint density at radius 3 is 1.36 bits per heavy atom. The number of carboxylic acids is 1. The predicted octanol–water partition coefficient (Wildman–Crippen LogP) is 10.0. The number of nitrogens with two attached hydrogens (primary N) is 1. The third-order valence-corrected chi connectivity index (χ3v) is 12.4. The molecule has 3 unspecified atom stereocenters. The molecule has 0 aromatic heterocycles. The van der Waals surface area contributed by atoms with Crippen LogP contribution in [0.3, 0.4) is 0 Å². The van der Waals surface area contributed by atoms with Gasteiger partial charge in [0.2, 0.25) is 0 Å². The summed E-state index contributed by atoms with van der Waals surface area (Å²) >= 11 is 0. The van der Waals surface area contributed by atoms with Crippen LogP contribution >= 0.6 is 15.6 Å². The lowest BCUT2D eigenvalue weighted by Gasteiger charge is -2.20. The highest BCUT2D eigenvalue weighted by atomic mass is 31.3. The standard InChI is InChI=1S/C35H68O5.C9H13NO9P2/c1-3-5-7-9-11-13-15-17-19-21-23-25-27-29-32(37)35(33(38)31-36)40-34(39)30-28-26-24-22-20-18-16-14-12-10-8-6-4-2;10-8(9(11)12)5-6-1-3-7(4-2-6)18-21(16,17)19-20(13,14)15/h33,35-36,38H,3-31H2,1-2H3;1-4,8H,5,10H2,(H,11,12)(H,16,17)(H2,13,14,15)/t;8-/m.0/s1. The molecule has 0 spiro atoms. The van der Waals surface area contributed by atoms with Crippen molar-refractivity contribution in [1.29, 1.82) is 0 Å². The van der Waals surface area contributed by atoms with E-state index in [1.165, 1.54) is 153 Å². The first-order valence-electron chi connectivity index (χ1n) is 22.9. The number of phosphoric acid groups is 2. The summed E-state index contributed by atoms with van der Waals surface area (Å²) in [7, 11) is -10.2. The van der Waals surface area contributed by atoms with E-state index in [0.717, 1.165) is 38.5 Å². The summed E-state index contributed by atoms with van der Waals surface area (Å²) in [6, 6.07) is 4.08. The van der Waals surface area contributed by atoms with Crippen molar-refractivity contribution in [3.05, 3.63) is 29.8 Å². The van der Waals surface area contributed by atoms with Crippen molar-refractivity contribution in [1.82, 2.24) is 0 Å². The van der Waals surface area contributed by atoms with E-state index in [4.69, 9.17) is 30.3 Å². The van der Waals surface area contributed by atoms with Crippen LogP contribution in [0.2, 0.25) is 0 Å². The van der Waals surface area contributed by atoms with Gasteiger partial charge < -0.3 is 40.1 Å². The smallest absolute Gasteiger partial charge is 0.480 e. The fourth-order valence-corrected chi connectivity index (χ4v) is 8.31. The van der Waals surface area contributed by atoms with Crippen LogP contribution in [-0.4, -0.2) is 72.6 Å². The van der Waals surface area contributed by atoms with Gasteiger partial charge in [-0.1, -0.05) is 180 Å². The van der Waals surface area contributed by atoms with Gasteiger partial charge in [0, 0.05) is 12.8 Å². The second kappa shape index (κ2) is 37.2. The van der Waals surface area contributed by atoms with Crippen LogP contribution in [0, 0.1) is 0 Å². The minimum absolute atomic E-state index is 0.0331. The largest absolute Gasteiger partial charge is 0.536 e. The lowest BCUT2D eigenvalue weighted by atomic mass is 10.0. The van der Waals surface area contributed by atoms with Crippen molar-refractivity contribution >= 4 is 33.4 Å². The molecule has 15 nitrogen and oxygen atoms in total. The SMILES string of the molecule is CCCCCCCCCCCCCCCC(=O)OC(C(=O)CCCCCCCCCCCCCCC)C(O)CO.N[C@@H](Cc1ccc(OP(=O)(O)OP(=O)(O)O)cc1)C(=O)O. The van der Waals surface area contributed by atoms with Gasteiger partial charge in [-0.25, -0.2) is 9.13 Å². The van der Waals surface area contributed by atoms with Crippen LogP contribution in [0.5, 0.6) is 5.75 Å². The molecule has 0 heterocycles. The number of aliphatic hydroxyl groups excluding tert-OH is 2. The number of aliphatic hydroxyl groups is 2. The van der Waals surface area contributed by atoms with Crippen molar-refractivity contribution in [3.8, 4) is 5.75 Å². The molecule has 1 aromatic carbocycles. The number of carbonyl (C=O) groups is 3. The third kappa shape index (κ3) is 35.9. The molecular formula is C44H81NO14P2. The zero-order chi connectivity index (χ0) is 45.8. The normalized spacial score (nSPS) is 14.0. The first-order chi connectivity index (χ1) is 29.0. The van der Waals surface area contributed by atoms with Crippen molar-refractivity contribution in [3.63, 3.8) is 0 Å². The maximum Gasteiger partial charge on any atom is 0.536 e. The number of hydrogen-bond acceptors (Lipinski definition) is 11. The minimum Gasteiger partial charge on any atom is -0.480 e. The van der Waals surface area contributed by atoms with Crippen LogP contribution in [-0.2, 0) is 39.0 Å². The van der Waals surface area contributed by atoms with Crippen molar-refractivity contribution in [2.45, 2.75) is 218 Å². The Bertz CT molecular complexity index is 1360.